The van der Waals surface area contributed by atoms with Crippen LogP contribution in [-0.4, -0.2) is 9.78 Å². The molecule has 0 aliphatic rings. The van der Waals surface area contributed by atoms with Gasteiger partial charge in [0.15, 0.2) is 0 Å². The lowest BCUT2D eigenvalue weighted by Gasteiger charge is -2.04. The average Bonchev–Trinajstić information content (AvgIpc) is 2.59. The Kier molecular flexibility index (Phi) is 2.03. The van der Waals surface area contributed by atoms with Crippen molar-refractivity contribution in [2.24, 2.45) is 0 Å². The lowest BCUT2D eigenvalue weighted by Crippen LogP contribution is -2.02. The molecule has 0 aliphatic heterocycles. The highest BCUT2D eigenvalue weighted by Gasteiger charge is 2.07. The van der Waals surface area contributed by atoms with Gasteiger partial charge >= 0.3 is 0 Å². The van der Waals surface area contributed by atoms with Crippen LogP contribution >= 0.6 is 0 Å². The summed E-state index contributed by atoms with van der Waals surface area (Å²) in [5.41, 5.74) is 13.1. The van der Waals surface area contributed by atoms with E-state index in [9.17, 15) is 0 Å². The van der Waals surface area contributed by atoms with Crippen LogP contribution in [0.4, 0.5) is 11.5 Å². The van der Waals surface area contributed by atoms with E-state index in [4.69, 9.17) is 16.7 Å². The summed E-state index contributed by atoms with van der Waals surface area (Å²) in [5.74, 6) is 0.322. The Labute approximate surface area is 86.5 Å². The Balaban J connectivity index is 2.56. The second-order valence-corrected chi connectivity index (χ2v) is 3.06. The normalized spacial score (nSPS) is 9.80. The molecule has 74 valence electrons. The molecular formula is C10H9N5. The molecule has 1 aromatic carbocycles. The quantitative estimate of drug-likeness (QED) is 0.667. The number of rotatable bonds is 1. The number of benzene rings is 1. The second-order valence-electron chi connectivity index (χ2n) is 3.06. The van der Waals surface area contributed by atoms with Gasteiger partial charge in [0, 0.05) is 5.69 Å². The van der Waals surface area contributed by atoms with Gasteiger partial charge in [-0.3, -0.25) is 0 Å². The molecule has 5 heteroatoms. The first-order chi connectivity index (χ1) is 7.22. The van der Waals surface area contributed by atoms with E-state index in [0.29, 0.717) is 17.1 Å². The summed E-state index contributed by atoms with van der Waals surface area (Å²) < 4.78 is 1.48. The van der Waals surface area contributed by atoms with Gasteiger partial charge in [-0.1, -0.05) is 6.07 Å². The van der Waals surface area contributed by atoms with E-state index in [-0.39, 0.29) is 0 Å². The first-order valence-corrected chi connectivity index (χ1v) is 4.32. The van der Waals surface area contributed by atoms with Gasteiger partial charge in [0.1, 0.15) is 17.5 Å². The molecular weight excluding hydrogens is 190 g/mol. The molecule has 0 amide bonds. The molecule has 2 aromatic rings. The standard InChI is InChI=1S/C10H9N5/c11-5-7-6-14-15(10(7)13)9-3-1-2-8(12)4-9/h1-4,6H,12-13H2. The van der Waals surface area contributed by atoms with Crippen molar-refractivity contribution >= 4 is 11.5 Å². The van der Waals surface area contributed by atoms with Crippen LogP contribution in [0.1, 0.15) is 5.56 Å². The molecule has 0 atom stereocenters. The van der Waals surface area contributed by atoms with Gasteiger partial charge in [-0.2, -0.15) is 10.4 Å². The monoisotopic (exact) mass is 199 g/mol. The summed E-state index contributed by atoms with van der Waals surface area (Å²) in [5, 5.41) is 12.7. The fourth-order valence-electron chi connectivity index (χ4n) is 1.31. The Morgan fingerprint density at radius 2 is 2.13 bits per heavy atom. The van der Waals surface area contributed by atoms with Crippen LogP contribution in [0.15, 0.2) is 30.5 Å². The number of hydrogen-bond acceptors (Lipinski definition) is 4. The van der Waals surface area contributed by atoms with E-state index < -0.39 is 0 Å². The zero-order valence-corrected chi connectivity index (χ0v) is 7.88. The molecule has 0 saturated heterocycles. The van der Waals surface area contributed by atoms with Gasteiger partial charge in [0.25, 0.3) is 0 Å². The maximum absolute atomic E-state index is 8.73. The molecule has 15 heavy (non-hydrogen) atoms. The van der Waals surface area contributed by atoms with Crippen molar-refractivity contribution in [1.29, 1.82) is 5.26 Å². The van der Waals surface area contributed by atoms with Gasteiger partial charge < -0.3 is 11.5 Å². The van der Waals surface area contributed by atoms with Crippen LogP contribution in [0.2, 0.25) is 0 Å². The van der Waals surface area contributed by atoms with E-state index in [2.05, 4.69) is 5.10 Å². The lowest BCUT2D eigenvalue weighted by molar-refractivity contribution is 0.892. The van der Waals surface area contributed by atoms with E-state index in [1.165, 1.54) is 10.9 Å². The molecule has 4 N–H and O–H groups in total. The van der Waals surface area contributed by atoms with Gasteiger partial charge in [-0.25, -0.2) is 4.68 Å². The lowest BCUT2D eigenvalue weighted by atomic mass is 10.3. The minimum atomic E-state index is 0.322. The smallest absolute Gasteiger partial charge is 0.145 e. The van der Waals surface area contributed by atoms with E-state index in [1.807, 2.05) is 12.1 Å². The SMILES string of the molecule is N#Cc1cnn(-c2cccc(N)c2)c1N. The zero-order chi connectivity index (χ0) is 10.8. The minimum absolute atomic E-state index is 0.322. The van der Waals surface area contributed by atoms with Crippen molar-refractivity contribution in [1.82, 2.24) is 9.78 Å². The largest absolute Gasteiger partial charge is 0.399 e. The molecule has 0 fully saturated rings. The molecule has 0 unspecified atom stereocenters. The van der Waals surface area contributed by atoms with E-state index in [1.54, 1.807) is 18.2 Å². The molecule has 2 rings (SSSR count). The Bertz CT molecular complexity index is 535. The maximum atomic E-state index is 8.73. The third-order valence-corrected chi connectivity index (χ3v) is 2.04. The summed E-state index contributed by atoms with van der Waals surface area (Å²) in [7, 11) is 0. The fraction of sp³-hybridized carbons (Fsp3) is 0. The highest BCUT2D eigenvalue weighted by Crippen LogP contribution is 2.17. The van der Waals surface area contributed by atoms with Crippen LogP contribution in [0.3, 0.4) is 0 Å². The number of nitriles is 1. The number of nitrogen functional groups attached to an aromatic ring is 2. The molecule has 5 nitrogen and oxygen atoms in total. The Morgan fingerprint density at radius 3 is 2.73 bits per heavy atom. The third kappa shape index (κ3) is 1.48. The molecule has 0 bridgehead atoms. The van der Waals surface area contributed by atoms with Crippen molar-refractivity contribution < 1.29 is 0 Å². The molecule has 1 heterocycles. The van der Waals surface area contributed by atoms with Crippen LogP contribution in [0.5, 0.6) is 0 Å². The van der Waals surface area contributed by atoms with Crippen LogP contribution < -0.4 is 11.5 Å². The number of anilines is 2. The number of aromatic nitrogens is 2. The average molecular weight is 199 g/mol. The van der Waals surface area contributed by atoms with Crippen LogP contribution in [0, 0.1) is 11.3 Å². The van der Waals surface area contributed by atoms with Crippen molar-refractivity contribution in [3.05, 3.63) is 36.0 Å². The van der Waals surface area contributed by atoms with Gasteiger partial charge in [-0.05, 0) is 18.2 Å². The third-order valence-electron chi connectivity index (χ3n) is 2.04. The van der Waals surface area contributed by atoms with Gasteiger partial charge in [0.05, 0.1) is 11.9 Å². The van der Waals surface area contributed by atoms with Crippen molar-refractivity contribution in [2.75, 3.05) is 11.5 Å². The van der Waals surface area contributed by atoms with Crippen molar-refractivity contribution in [2.45, 2.75) is 0 Å². The minimum Gasteiger partial charge on any atom is -0.399 e. The fourth-order valence-corrected chi connectivity index (χ4v) is 1.31. The zero-order valence-electron chi connectivity index (χ0n) is 7.88. The summed E-state index contributed by atoms with van der Waals surface area (Å²) >= 11 is 0. The van der Waals surface area contributed by atoms with Crippen molar-refractivity contribution in [3.63, 3.8) is 0 Å². The molecule has 0 saturated carbocycles. The van der Waals surface area contributed by atoms with E-state index >= 15 is 0 Å². The first kappa shape index (κ1) is 9.09. The van der Waals surface area contributed by atoms with Crippen molar-refractivity contribution in [3.8, 4) is 11.8 Å². The van der Waals surface area contributed by atoms with Gasteiger partial charge in [-0.15, -0.1) is 0 Å². The van der Waals surface area contributed by atoms with Gasteiger partial charge in [0.2, 0.25) is 0 Å². The highest BCUT2D eigenvalue weighted by atomic mass is 15.3. The number of nitrogens with two attached hydrogens (primary N) is 2. The van der Waals surface area contributed by atoms with Crippen LogP contribution in [-0.2, 0) is 0 Å². The number of nitrogens with zero attached hydrogens (tertiary/aromatic N) is 3. The molecule has 0 spiro atoms. The number of hydrogen-bond donors (Lipinski definition) is 2. The maximum Gasteiger partial charge on any atom is 0.145 e. The Morgan fingerprint density at radius 1 is 1.33 bits per heavy atom. The summed E-state index contributed by atoms with van der Waals surface area (Å²) in [6.45, 7) is 0. The Hall–Kier alpha value is -2.48. The molecule has 1 aromatic heterocycles. The van der Waals surface area contributed by atoms with E-state index in [0.717, 1.165) is 5.69 Å². The first-order valence-electron chi connectivity index (χ1n) is 4.32. The molecule has 0 radical (unpaired) electrons. The summed E-state index contributed by atoms with van der Waals surface area (Å²) in [6, 6.07) is 9.10. The predicted octanol–water partition coefficient (Wildman–Crippen LogP) is 0.908. The predicted molar refractivity (Wildman–Crippen MR) is 57.1 cm³/mol. The topological polar surface area (TPSA) is 93.6 Å². The summed E-state index contributed by atoms with van der Waals surface area (Å²) in [6.07, 6.45) is 1.43. The second kappa shape index (κ2) is 3.35. The summed E-state index contributed by atoms with van der Waals surface area (Å²) in [4.78, 5) is 0. The van der Waals surface area contributed by atoms with Crippen LogP contribution in [0.25, 0.3) is 5.69 Å². The molecule has 0 aliphatic carbocycles. The highest BCUT2D eigenvalue weighted by molar-refractivity contribution is 5.55.